The summed E-state index contributed by atoms with van der Waals surface area (Å²) in [7, 11) is 0. The van der Waals surface area contributed by atoms with E-state index >= 15 is 0 Å². The number of hydrogen-bond donors (Lipinski definition) is 1. The third-order valence-corrected chi connectivity index (χ3v) is 4.66. The highest BCUT2D eigenvalue weighted by Crippen LogP contribution is 2.40. The Hall–Kier alpha value is -2.60. The zero-order valence-electron chi connectivity index (χ0n) is 14.7. The van der Waals surface area contributed by atoms with Crippen molar-refractivity contribution in [2.24, 2.45) is 0 Å². The first kappa shape index (κ1) is 18.2. The van der Waals surface area contributed by atoms with Crippen molar-refractivity contribution < 1.29 is 14.5 Å². The van der Waals surface area contributed by atoms with Crippen LogP contribution in [-0.2, 0) is 0 Å². The Morgan fingerprint density at radius 2 is 2.04 bits per heavy atom. The maximum atomic E-state index is 12.8. The second-order valence-corrected chi connectivity index (χ2v) is 7.46. The average Bonchev–Trinajstić information content (AvgIpc) is 2.55. The highest BCUT2D eigenvalue weighted by atomic mass is 35.5. The van der Waals surface area contributed by atoms with E-state index in [-0.39, 0.29) is 22.3 Å². The van der Waals surface area contributed by atoms with E-state index < -0.39 is 16.4 Å². The monoisotopic (exact) mass is 374 g/mol. The van der Waals surface area contributed by atoms with Gasteiger partial charge in [-0.05, 0) is 32.9 Å². The van der Waals surface area contributed by atoms with Gasteiger partial charge in [0.15, 0.2) is 0 Å². The van der Waals surface area contributed by atoms with Crippen LogP contribution in [0.2, 0.25) is 5.02 Å². The molecule has 26 heavy (non-hydrogen) atoms. The Morgan fingerprint density at radius 3 is 2.73 bits per heavy atom. The highest BCUT2D eigenvalue weighted by molar-refractivity contribution is 6.34. The predicted molar refractivity (Wildman–Crippen MR) is 98.8 cm³/mol. The number of hydrogen-bond acceptors (Lipinski definition) is 4. The number of carbonyl (C=O) groups excluding carboxylic acids is 1. The number of carbonyl (C=O) groups is 1. The van der Waals surface area contributed by atoms with Gasteiger partial charge >= 0.3 is 0 Å². The Labute approximate surface area is 156 Å². The maximum Gasteiger partial charge on any atom is 0.270 e. The minimum atomic E-state index is -0.552. The third kappa shape index (κ3) is 3.65. The molecule has 3 rings (SSSR count). The lowest BCUT2D eigenvalue weighted by atomic mass is 9.88. The zero-order chi connectivity index (χ0) is 19.1. The molecular formula is C19H19ClN2O4. The van der Waals surface area contributed by atoms with Crippen molar-refractivity contribution >= 4 is 23.2 Å². The van der Waals surface area contributed by atoms with E-state index in [0.29, 0.717) is 6.42 Å². The number of halogens is 1. The largest absolute Gasteiger partial charge is 0.487 e. The van der Waals surface area contributed by atoms with Crippen LogP contribution in [0.25, 0.3) is 0 Å². The molecule has 1 aliphatic rings. The van der Waals surface area contributed by atoms with Crippen molar-refractivity contribution in [3.05, 3.63) is 68.2 Å². The lowest BCUT2D eigenvalue weighted by Crippen LogP contribution is -2.41. The van der Waals surface area contributed by atoms with Crippen LogP contribution in [0.4, 0.5) is 5.69 Å². The number of aryl methyl sites for hydroxylation is 1. The van der Waals surface area contributed by atoms with E-state index in [9.17, 15) is 14.9 Å². The van der Waals surface area contributed by atoms with E-state index in [1.165, 1.54) is 18.2 Å². The molecule has 0 radical (unpaired) electrons. The first-order valence-corrected chi connectivity index (χ1v) is 8.58. The minimum absolute atomic E-state index is 0.0827. The summed E-state index contributed by atoms with van der Waals surface area (Å²) in [5.74, 6) is 0.274. The molecule has 0 fully saturated rings. The standard InChI is InChI=1S/C19H19ClN2O4/c1-11-4-7-17-14(8-11)16(10-19(2,3)26-17)21-18(23)13-9-12(22(24)25)5-6-15(13)20/h4-9,16H,10H2,1-3H3,(H,21,23). The number of nitrogens with one attached hydrogen (secondary N) is 1. The summed E-state index contributed by atoms with van der Waals surface area (Å²) in [4.78, 5) is 23.2. The fourth-order valence-electron chi connectivity index (χ4n) is 3.14. The number of fused-ring (bicyclic) bond motifs is 1. The second-order valence-electron chi connectivity index (χ2n) is 7.05. The first-order valence-electron chi connectivity index (χ1n) is 8.21. The SMILES string of the molecule is Cc1ccc2c(c1)C(NC(=O)c1cc([N+](=O)[O-])ccc1Cl)CC(C)(C)O2. The van der Waals surface area contributed by atoms with Gasteiger partial charge in [-0.25, -0.2) is 0 Å². The third-order valence-electron chi connectivity index (χ3n) is 4.33. The van der Waals surface area contributed by atoms with Crippen LogP contribution in [-0.4, -0.2) is 16.4 Å². The van der Waals surface area contributed by atoms with E-state index in [1.807, 2.05) is 39.0 Å². The van der Waals surface area contributed by atoms with Crippen molar-refractivity contribution in [2.45, 2.75) is 38.8 Å². The molecule has 1 heterocycles. The number of nitro benzene ring substituents is 1. The summed E-state index contributed by atoms with van der Waals surface area (Å²) in [5.41, 5.74) is 1.40. The zero-order valence-corrected chi connectivity index (χ0v) is 15.5. The molecule has 0 saturated heterocycles. The van der Waals surface area contributed by atoms with Crippen molar-refractivity contribution in [3.8, 4) is 5.75 Å². The number of rotatable bonds is 3. The van der Waals surface area contributed by atoms with E-state index in [1.54, 1.807) is 0 Å². The molecule has 0 saturated carbocycles. The van der Waals surface area contributed by atoms with Crippen LogP contribution < -0.4 is 10.1 Å². The van der Waals surface area contributed by atoms with Crippen molar-refractivity contribution in [1.82, 2.24) is 5.32 Å². The van der Waals surface area contributed by atoms with Gasteiger partial charge in [-0.3, -0.25) is 14.9 Å². The van der Waals surface area contributed by atoms with Gasteiger partial charge in [0.05, 0.1) is 21.6 Å². The summed E-state index contributed by atoms with van der Waals surface area (Å²) in [6.07, 6.45) is 0.571. The quantitative estimate of drug-likeness (QED) is 0.629. The summed E-state index contributed by atoms with van der Waals surface area (Å²) in [6, 6.07) is 9.37. The number of amides is 1. The Morgan fingerprint density at radius 1 is 1.31 bits per heavy atom. The van der Waals surface area contributed by atoms with Gasteiger partial charge in [-0.2, -0.15) is 0 Å². The van der Waals surface area contributed by atoms with Crippen molar-refractivity contribution in [3.63, 3.8) is 0 Å². The number of ether oxygens (including phenoxy) is 1. The number of benzene rings is 2. The molecule has 1 unspecified atom stereocenters. The molecule has 1 amide bonds. The molecule has 6 nitrogen and oxygen atoms in total. The Kier molecular flexibility index (Phi) is 4.63. The molecule has 0 bridgehead atoms. The van der Waals surface area contributed by atoms with Crippen LogP contribution in [0, 0.1) is 17.0 Å². The highest BCUT2D eigenvalue weighted by Gasteiger charge is 2.35. The van der Waals surface area contributed by atoms with Gasteiger partial charge in [-0.15, -0.1) is 0 Å². The topological polar surface area (TPSA) is 81.5 Å². The van der Waals surface area contributed by atoms with Crippen LogP contribution in [0.5, 0.6) is 5.75 Å². The van der Waals surface area contributed by atoms with Gasteiger partial charge < -0.3 is 10.1 Å². The maximum absolute atomic E-state index is 12.8. The predicted octanol–water partition coefficient (Wildman–Crippen LogP) is 4.59. The van der Waals surface area contributed by atoms with Gasteiger partial charge in [-0.1, -0.05) is 29.3 Å². The molecule has 136 valence electrons. The van der Waals surface area contributed by atoms with E-state index in [0.717, 1.165) is 16.9 Å². The smallest absolute Gasteiger partial charge is 0.270 e. The fourth-order valence-corrected chi connectivity index (χ4v) is 3.34. The number of nitro groups is 1. The second kappa shape index (κ2) is 6.61. The molecule has 1 aliphatic heterocycles. The van der Waals surface area contributed by atoms with Crippen LogP contribution in [0.15, 0.2) is 36.4 Å². The molecule has 0 spiro atoms. The molecule has 7 heteroatoms. The fraction of sp³-hybridized carbons (Fsp3) is 0.316. The average molecular weight is 375 g/mol. The summed E-state index contributed by atoms with van der Waals surface area (Å²) in [5, 5.41) is 14.1. The normalized spacial score (nSPS) is 17.8. The van der Waals surface area contributed by atoms with Crippen molar-refractivity contribution in [2.75, 3.05) is 0 Å². The minimum Gasteiger partial charge on any atom is -0.487 e. The molecule has 0 aromatic heterocycles. The van der Waals surface area contributed by atoms with Gasteiger partial charge in [0.2, 0.25) is 0 Å². The van der Waals surface area contributed by atoms with Gasteiger partial charge in [0.25, 0.3) is 11.6 Å². The molecule has 2 aromatic carbocycles. The van der Waals surface area contributed by atoms with Gasteiger partial charge in [0.1, 0.15) is 11.4 Å². The first-order chi connectivity index (χ1) is 12.2. The van der Waals surface area contributed by atoms with Gasteiger partial charge in [0, 0.05) is 24.1 Å². The van der Waals surface area contributed by atoms with E-state index in [2.05, 4.69) is 5.32 Å². The summed E-state index contributed by atoms with van der Waals surface area (Å²) in [6.45, 7) is 5.88. The van der Waals surface area contributed by atoms with Crippen LogP contribution >= 0.6 is 11.6 Å². The Bertz CT molecular complexity index is 895. The van der Waals surface area contributed by atoms with Crippen molar-refractivity contribution in [1.29, 1.82) is 0 Å². The molecule has 2 aromatic rings. The van der Waals surface area contributed by atoms with Crippen LogP contribution in [0.3, 0.4) is 0 Å². The molecular weight excluding hydrogens is 356 g/mol. The van der Waals surface area contributed by atoms with Crippen LogP contribution in [0.1, 0.15) is 47.8 Å². The number of nitrogens with zero attached hydrogens (tertiary/aromatic N) is 1. The Balaban J connectivity index is 1.94. The van der Waals surface area contributed by atoms with E-state index in [4.69, 9.17) is 16.3 Å². The molecule has 1 atom stereocenters. The summed E-state index contributed by atoms with van der Waals surface area (Å²) >= 11 is 6.09. The number of non-ortho nitro benzene ring substituents is 1. The lowest BCUT2D eigenvalue weighted by molar-refractivity contribution is -0.384. The summed E-state index contributed by atoms with van der Waals surface area (Å²) < 4.78 is 6.00. The lowest BCUT2D eigenvalue weighted by Gasteiger charge is -2.38. The molecule has 0 aliphatic carbocycles. The molecule has 1 N–H and O–H groups in total.